The van der Waals surface area contributed by atoms with Crippen LogP contribution in [0, 0.1) is 5.92 Å². The van der Waals surface area contributed by atoms with Crippen LogP contribution in [-0.2, 0) is 13.0 Å². The van der Waals surface area contributed by atoms with Crippen molar-refractivity contribution >= 4 is 39.8 Å². The number of nitrogens with zero attached hydrogens (tertiary/aromatic N) is 4. The van der Waals surface area contributed by atoms with Crippen LogP contribution < -0.4 is 11.1 Å². The molecule has 4 heterocycles. The van der Waals surface area contributed by atoms with E-state index in [4.69, 9.17) is 22.9 Å². The van der Waals surface area contributed by atoms with Crippen LogP contribution in [-0.4, -0.2) is 50.7 Å². The van der Waals surface area contributed by atoms with Gasteiger partial charge >= 0.3 is 0 Å². The van der Waals surface area contributed by atoms with E-state index in [1.807, 2.05) is 12.3 Å². The average Bonchev–Trinajstić information content (AvgIpc) is 3.32. The van der Waals surface area contributed by atoms with Crippen molar-refractivity contribution in [3.8, 4) is 0 Å². The highest BCUT2D eigenvalue weighted by Gasteiger charge is 2.22. The van der Waals surface area contributed by atoms with Crippen molar-refractivity contribution in [2.24, 2.45) is 11.7 Å². The molecule has 0 aliphatic carbocycles. The highest BCUT2D eigenvalue weighted by atomic mass is 32.1. The van der Waals surface area contributed by atoms with Gasteiger partial charge in [-0.05, 0) is 67.6 Å². The van der Waals surface area contributed by atoms with Gasteiger partial charge in [0.25, 0.3) is 0 Å². The molecule has 0 amide bonds. The van der Waals surface area contributed by atoms with Crippen LogP contribution >= 0.6 is 23.6 Å². The largest absolute Gasteiger partial charge is 0.376 e. The van der Waals surface area contributed by atoms with Crippen molar-refractivity contribution in [1.82, 2.24) is 24.8 Å². The number of aromatic nitrogens is 3. The molecule has 0 atom stereocenters. The molecule has 1 aliphatic rings. The van der Waals surface area contributed by atoms with Crippen molar-refractivity contribution in [1.29, 1.82) is 0 Å². The molecule has 1 saturated heterocycles. The number of pyridine rings is 1. The molecule has 1 aliphatic heterocycles. The summed E-state index contributed by atoms with van der Waals surface area (Å²) in [7, 11) is 0. The van der Waals surface area contributed by atoms with Gasteiger partial charge in [-0.1, -0.05) is 6.07 Å². The molecule has 0 spiro atoms. The van der Waals surface area contributed by atoms with Gasteiger partial charge in [0.1, 0.15) is 11.3 Å². The number of thiophene rings is 1. The maximum absolute atomic E-state index is 5.50. The number of nitrogens with one attached hydrogen (secondary N) is 1. The molecule has 148 valence electrons. The predicted molar refractivity (Wildman–Crippen MR) is 119 cm³/mol. The van der Waals surface area contributed by atoms with E-state index in [1.54, 1.807) is 11.3 Å². The molecule has 3 N–H and O–H groups in total. The summed E-state index contributed by atoms with van der Waals surface area (Å²) >= 11 is 6.66. The van der Waals surface area contributed by atoms with E-state index in [-0.39, 0.29) is 0 Å². The molecule has 8 heteroatoms. The zero-order valence-corrected chi connectivity index (χ0v) is 17.5. The summed E-state index contributed by atoms with van der Waals surface area (Å²) in [4.78, 5) is 13.4. The van der Waals surface area contributed by atoms with E-state index in [1.165, 1.54) is 17.7 Å². The number of thiocarbonyl (C=S) groups is 1. The second-order valence-corrected chi connectivity index (χ2v) is 8.79. The summed E-state index contributed by atoms with van der Waals surface area (Å²) in [6.07, 6.45) is 5.27. The van der Waals surface area contributed by atoms with Crippen molar-refractivity contribution in [2.75, 3.05) is 26.2 Å². The second-order valence-electron chi connectivity index (χ2n) is 7.32. The fourth-order valence-corrected chi connectivity index (χ4v) is 4.69. The van der Waals surface area contributed by atoms with E-state index in [9.17, 15) is 0 Å². The maximum Gasteiger partial charge on any atom is 0.163 e. The Morgan fingerprint density at radius 3 is 2.89 bits per heavy atom. The van der Waals surface area contributed by atoms with Gasteiger partial charge in [-0.3, -0.25) is 0 Å². The Balaban J connectivity index is 1.41. The highest BCUT2D eigenvalue weighted by Crippen LogP contribution is 2.25. The molecule has 3 aromatic heterocycles. The SMILES string of the molecule is NC(=S)NCCN1CCC(Cc2nc3cccnc3n2Cc2cccs2)CC1. The topological polar surface area (TPSA) is 72.0 Å². The second kappa shape index (κ2) is 8.98. The molecule has 28 heavy (non-hydrogen) atoms. The van der Waals surface area contributed by atoms with Gasteiger partial charge in [0, 0.05) is 30.6 Å². The quantitative estimate of drug-likeness (QED) is 0.579. The number of fused-ring (bicyclic) bond motifs is 1. The zero-order valence-electron chi connectivity index (χ0n) is 15.9. The fraction of sp³-hybridized carbons (Fsp3) is 0.450. The Morgan fingerprint density at radius 2 is 2.14 bits per heavy atom. The van der Waals surface area contributed by atoms with Gasteiger partial charge < -0.3 is 20.5 Å². The molecular weight excluding hydrogens is 388 g/mol. The van der Waals surface area contributed by atoms with Crippen molar-refractivity contribution in [3.05, 3.63) is 46.5 Å². The Labute approximate surface area is 174 Å². The molecule has 4 rings (SSSR count). The molecule has 0 unspecified atom stereocenters. The fourth-order valence-electron chi connectivity index (χ4n) is 3.90. The summed E-state index contributed by atoms with van der Waals surface area (Å²) in [5.74, 6) is 1.83. The first kappa shape index (κ1) is 19.3. The van der Waals surface area contributed by atoms with Crippen LogP contribution in [0.2, 0.25) is 0 Å². The zero-order chi connectivity index (χ0) is 19.3. The van der Waals surface area contributed by atoms with Gasteiger partial charge in [-0.2, -0.15) is 0 Å². The molecular formula is C20H26N6S2. The predicted octanol–water partition coefficient (Wildman–Crippen LogP) is 2.63. The van der Waals surface area contributed by atoms with Crippen molar-refractivity contribution in [3.63, 3.8) is 0 Å². The Bertz CT molecular complexity index is 912. The van der Waals surface area contributed by atoms with E-state index in [0.717, 1.165) is 56.1 Å². The van der Waals surface area contributed by atoms with Crippen LogP contribution in [0.15, 0.2) is 35.8 Å². The monoisotopic (exact) mass is 414 g/mol. The lowest BCUT2D eigenvalue weighted by Crippen LogP contribution is -2.41. The Hall–Kier alpha value is -2.03. The minimum Gasteiger partial charge on any atom is -0.376 e. The summed E-state index contributed by atoms with van der Waals surface area (Å²) in [6.45, 7) is 4.90. The third kappa shape index (κ3) is 4.68. The smallest absolute Gasteiger partial charge is 0.163 e. The highest BCUT2D eigenvalue weighted by molar-refractivity contribution is 7.80. The van der Waals surface area contributed by atoms with Crippen molar-refractivity contribution < 1.29 is 0 Å². The molecule has 6 nitrogen and oxygen atoms in total. The van der Waals surface area contributed by atoms with Crippen LogP contribution in [0.1, 0.15) is 23.5 Å². The number of hydrogen-bond donors (Lipinski definition) is 2. The molecule has 0 radical (unpaired) electrons. The minimum absolute atomic E-state index is 0.383. The third-order valence-corrected chi connectivity index (χ3v) is 6.39. The first-order valence-corrected chi connectivity index (χ1v) is 11.1. The van der Waals surface area contributed by atoms with Crippen LogP contribution in [0.25, 0.3) is 11.2 Å². The van der Waals surface area contributed by atoms with E-state index >= 15 is 0 Å². The average molecular weight is 415 g/mol. The number of hydrogen-bond acceptors (Lipinski definition) is 5. The maximum atomic E-state index is 5.50. The normalized spacial score (nSPS) is 15.9. The number of piperidine rings is 1. The summed E-state index contributed by atoms with van der Waals surface area (Å²) in [5, 5.41) is 5.55. The van der Waals surface area contributed by atoms with E-state index < -0.39 is 0 Å². The summed E-state index contributed by atoms with van der Waals surface area (Å²) in [6, 6.07) is 8.32. The van der Waals surface area contributed by atoms with Gasteiger partial charge in [0.15, 0.2) is 10.8 Å². The van der Waals surface area contributed by atoms with Gasteiger partial charge in [0.2, 0.25) is 0 Å². The lowest BCUT2D eigenvalue weighted by Gasteiger charge is -2.31. The first-order valence-electron chi connectivity index (χ1n) is 9.77. The number of likely N-dealkylation sites (tertiary alicyclic amines) is 1. The third-order valence-electron chi connectivity index (χ3n) is 5.38. The lowest BCUT2D eigenvalue weighted by molar-refractivity contribution is 0.185. The molecule has 1 fully saturated rings. The standard InChI is InChI=1S/C20H26N6S2/c21-20(27)23-8-11-25-9-5-15(6-10-25)13-18-24-17-4-1-7-22-19(17)26(18)14-16-3-2-12-28-16/h1-4,7,12,15H,5-6,8-11,13-14H2,(H3,21,23,27). The lowest BCUT2D eigenvalue weighted by atomic mass is 9.93. The molecule has 0 bridgehead atoms. The van der Waals surface area contributed by atoms with Crippen LogP contribution in [0.4, 0.5) is 0 Å². The van der Waals surface area contributed by atoms with Crippen LogP contribution in [0.5, 0.6) is 0 Å². The Kier molecular flexibility index (Phi) is 6.19. The molecule has 0 saturated carbocycles. The Morgan fingerprint density at radius 1 is 1.29 bits per heavy atom. The van der Waals surface area contributed by atoms with Crippen LogP contribution in [0.3, 0.4) is 0 Å². The van der Waals surface area contributed by atoms with Gasteiger partial charge in [0.05, 0.1) is 6.54 Å². The number of imidazole rings is 1. The first-order chi connectivity index (χ1) is 13.7. The summed E-state index contributed by atoms with van der Waals surface area (Å²) < 4.78 is 2.31. The molecule has 0 aromatic carbocycles. The van der Waals surface area contributed by atoms with Crippen molar-refractivity contribution in [2.45, 2.75) is 25.8 Å². The minimum atomic E-state index is 0.383. The number of nitrogens with two attached hydrogens (primary N) is 1. The van der Waals surface area contributed by atoms with Gasteiger partial charge in [-0.15, -0.1) is 11.3 Å². The summed E-state index contributed by atoms with van der Waals surface area (Å²) in [5.41, 5.74) is 7.49. The molecule has 3 aromatic rings. The van der Waals surface area contributed by atoms with Gasteiger partial charge in [-0.25, -0.2) is 9.97 Å². The van der Waals surface area contributed by atoms with E-state index in [0.29, 0.717) is 11.0 Å². The number of rotatable bonds is 7. The van der Waals surface area contributed by atoms with E-state index in [2.05, 4.69) is 43.3 Å².